The molecule has 2 rings (SSSR count). The Kier molecular flexibility index (Phi) is 6.76. The third kappa shape index (κ3) is 7.01. The Bertz CT molecular complexity index is 548. The van der Waals surface area contributed by atoms with E-state index in [1.54, 1.807) is 0 Å². The normalized spacial score (nSPS) is 16.8. The first-order valence-corrected chi connectivity index (χ1v) is 9.15. The van der Waals surface area contributed by atoms with Crippen LogP contribution in [0.15, 0.2) is 35.7 Å². The van der Waals surface area contributed by atoms with Crippen molar-refractivity contribution in [3.63, 3.8) is 0 Å². The van der Waals surface area contributed by atoms with E-state index in [4.69, 9.17) is 13.0 Å². The lowest BCUT2D eigenvalue weighted by molar-refractivity contribution is -0.0517. The van der Waals surface area contributed by atoms with E-state index in [0.717, 1.165) is 0 Å². The fourth-order valence-electron chi connectivity index (χ4n) is 1.55. The summed E-state index contributed by atoms with van der Waals surface area (Å²) in [5.41, 5.74) is -4.31. The highest BCUT2D eigenvalue weighted by atomic mass is 32.2. The van der Waals surface area contributed by atoms with Crippen molar-refractivity contribution in [1.29, 1.82) is 0 Å². The molecule has 1 aliphatic rings. The van der Waals surface area contributed by atoms with Crippen LogP contribution in [-0.4, -0.2) is 30.0 Å². The van der Waals surface area contributed by atoms with E-state index in [-0.39, 0.29) is 0 Å². The van der Waals surface area contributed by atoms with E-state index in [2.05, 4.69) is 41.8 Å². The van der Waals surface area contributed by atoms with E-state index in [0.29, 0.717) is 10.9 Å². The molecule has 0 spiro atoms. The first-order chi connectivity index (χ1) is 9.70. The molecule has 1 aromatic carbocycles. The van der Waals surface area contributed by atoms with Crippen molar-refractivity contribution in [2.24, 2.45) is 0 Å². The van der Waals surface area contributed by atoms with Crippen molar-refractivity contribution in [3.05, 3.63) is 41.3 Å². The molecule has 1 saturated heterocycles. The van der Waals surface area contributed by atoms with Gasteiger partial charge in [-0.1, -0.05) is 30.3 Å². The minimum Gasteiger partial charge on any atom is -0.741 e. The second-order valence-corrected chi connectivity index (χ2v) is 7.80. The summed E-state index contributed by atoms with van der Waals surface area (Å²) in [5, 5.41) is 2.41. The largest absolute Gasteiger partial charge is 0.741 e. The smallest absolute Gasteiger partial charge is 0.485 e. The number of hydrogen-bond donors (Lipinski definition) is 0. The Hall–Kier alpha value is -0.990. The topological polar surface area (TPSA) is 57.2 Å². The van der Waals surface area contributed by atoms with Gasteiger partial charge in [-0.05, 0) is 24.5 Å². The van der Waals surface area contributed by atoms with Crippen LogP contribution in [-0.2, 0) is 21.0 Å². The van der Waals surface area contributed by atoms with Crippen LogP contribution in [0.3, 0.4) is 0 Å². The summed E-state index contributed by atoms with van der Waals surface area (Å²) in [6.45, 7) is 0. The molecule has 0 bridgehead atoms. The van der Waals surface area contributed by atoms with Crippen LogP contribution in [0.2, 0.25) is 0 Å². The second-order valence-electron chi connectivity index (χ2n) is 4.27. The zero-order valence-electron chi connectivity index (χ0n) is 11.0. The number of benzene rings is 1. The lowest BCUT2D eigenvalue weighted by Gasteiger charge is -2.08. The zero-order chi connectivity index (χ0) is 15.9. The molecule has 118 valence electrons. The maximum atomic E-state index is 10.7. The van der Waals surface area contributed by atoms with Gasteiger partial charge in [0.1, 0.15) is 16.9 Å². The van der Waals surface area contributed by atoms with Crippen molar-refractivity contribution in [2.45, 2.75) is 18.3 Å². The minimum absolute atomic E-state index is 0.592. The molecule has 0 saturated carbocycles. The zero-order valence-corrected chi connectivity index (χ0v) is 12.7. The van der Waals surface area contributed by atoms with E-state index in [1.165, 1.54) is 29.9 Å². The Morgan fingerprint density at radius 1 is 1.10 bits per heavy atom. The monoisotopic (exact) mass is 340 g/mol. The molecular weight excluding hydrogens is 325 g/mol. The fraction of sp³-hybridized carbons (Fsp3) is 0.385. The highest BCUT2D eigenvalue weighted by Crippen LogP contribution is 2.20. The molecular formula is C13H15F3O3S2. The minimum atomic E-state index is -6.09. The molecule has 1 heterocycles. The second kappa shape index (κ2) is 7.86. The number of alkyl halides is 3. The van der Waals surface area contributed by atoms with Crippen LogP contribution in [0.25, 0.3) is 6.08 Å². The molecule has 0 atom stereocenters. The van der Waals surface area contributed by atoms with Gasteiger partial charge >= 0.3 is 5.51 Å². The first kappa shape index (κ1) is 18.1. The van der Waals surface area contributed by atoms with Gasteiger partial charge in [0.15, 0.2) is 10.1 Å². The van der Waals surface area contributed by atoms with Gasteiger partial charge in [-0.25, -0.2) is 8.42 Å². The van der Waals surface area contributed by atoms with Gasteiger partial charge in [-0.2, -0.15) is 13.2 Å². The van der Waals surface area contributed by atoms with E-state index >= 15 is 0 Å². The standard InChI is InChI=1S/C12H15S.CHF3O3S/c1-2-6-12(7-3-1)8-11-13-9-4-5-10-13;2-1(3,4)8(5,6)7/h1-3,6-8,11H,4-5,9-10H2;(H,5,6,7)/q+1;/p-1/b11-8+;. The van der Waals surface area contributed by atoms with Gasteiger partial charge < -0.3 is 4.55 Å². The predicted octanol–water partition coefficient (Wildman–Crippen LogP) is 3.12. The molecule has 0 radical (unpaired) electrons. The highest BCUT2D eigenvalue weighted by Gasteiger charge is 2.36. The molecule has 1 aromatic rings. The summed E-state index contributed by atoms with van der Waals surface area (Å²) in [4.78, 5) is 0. The number of halogens is 3. The van der Waals surface area contributed by atoms with E-state index in [9.17, 15) is 13.2 Å². The Labute approximate surface area is 125 Å². The summed E-state index contributed by atoms with van der Waals surface area (Å²) in [6.07, 6.45) is 5.14. The Morgan fingerprint density at radius 3 is 2.00 bits per heavy atom. The summed E-state index contributed by atoms with van der Waals surface area (Å²) >= 11 is 0. The average Bonchev–Trinajstić information content (AvgIpc) is 2.89. The maximum Gasteiger partial charge on any atom is 0.485 e. The third-order valence-electron chi connectivity index (χ3n) is 2.60. The Morgan fingerprint density at radius 2 is 1.57 bits per heavy atom. The molecule has 0 aliphatic carbocycles. The van der Waals surface area contributed by atoms with Crippen molar-refractivity contribution in [1.82, 2.24) is 0 Å². The van der Waals surface area contributed by atoms with Gasteiger partial charge in [-0.3, -0.25) is 0 Å². The lowest BCUT2D eigenvalue weighted by Crippen LogP contribution is -2.21. The molecule has 3 nitrogen and oxygen atoms in total. The van der Waals surface area contributed by atoms with Crippen molar-refractivity contribution < 1.29 is 26.1 Å². The van der Waals surface area contributed by atoms with Crippen molar-refractivity contribution in [3.8, 4) is 0 Å². The molecule has 0 amide bonds. The highest BCUT2D eigenvalue weighted by molar-refractivity contribution is 7.99. The van der Waals surface area contributed by atoms with Gasteiger partial charge in [0, 0.05) is 10.9 Å². The fourth-order valence-corrected chi connectivity index (χ4v) is 3.53. The van der Waals surface area contributed by atoms with Crippen LogP contribution >= 0.6 is 0 Å². The molecule has 0 N–H and O–H groups in total. The van der Waals surface area contributed by atoms with Gasteiger partial charge in [0.05, 0.1) is 0 Å². The summed E-state index contributed by atoms with van der Waals surface area (Å²) < 4.78 is 58.9. The van der Waals surface area contributed by atoms with Gasteiger partial charge in [0.25, 0.3) is 0 Å². The average molecular weight is 340 g/mol. The third-order valence-corrected chi connectivity index (χ3v) is 5.31. The van der Waals surface area contributed by atoms with Crippen LogP contribution in [0.4, 0.5) is 13.2 Å². The molecule has 1 aliphatic heterocycles. The van der Waals surface area contributed by atoms with E-state index < -0.39 is 15.6 Å². The van der Waals surface area contributed by atoms with Crippen LogP contribution in [0, 0.1) is 0 Å². The van der Waals surface area contributed by atoms with Crippen molar-refractivity contribution in [2.75, 3.05) is 11.5 Å². The molecule has 8 heteroatoms. The van der Waals surface area contributed by atoms with Gasteiger partial charge in [-0.15, -0.1) is 0 Å². The summed E-state index contributed by atoms with van der Waals surface area (Å²) in [6, 6.07) is 10.6. The van der Waals surface area contributed by atoms with Crippen LogP contribution in [0.5, 0.6) is 0 Å². The van der Waals surface area contributed by atoms with Crippen LogP contribution in [0.1, 0.15) is 18.4 Å². The van der Waals surface area contributed by atoms with Gasteiger partial charge in [0.2, 0.25) is 0 Å². The summed E-state index contributed by atoms with van der Waals surface area (Å²) in [7, 11) is -5.50. The molecule has 0 unspecified atom stereocenters. The maximum absolute atomic E-state index is 10.7. The van der Waals surface area contributed by atoms with Crippen molar-refractivity contribution >= 4 is 27.1 Å². The number of hydrogen-bond acceptors (Lipinski definition) is 3. The lowest BCUT2D eigenvalue weighted by atomic mass is 10.2. The number of rotatable bonds is 2. The quantitative estimate of drug-likeness (QED) is 0.472. The van der Waals surface area contributed by atoms with E-state index in [1.807, 2.05) is 0 Å². The van der Waals surface area contributed by atoms with Crippen LogP contribution < -0.4 is 0 Å². The summed E-state index contributed by atoms with van der Waals surface area (Å²) in [5.74, 6) is 2.84. The molecule has 21 heavy (non-hydrogen) atoms. The first-order valence-electron chi connectivity index (χ1n) is 6.12. The predicted molar refractivity (Wildman–Crippen MR) is 77.6 cm³/mol. The molecule has 0 aromatic heterocycles. The SMILES string of the molecule is C(=C\[S+]1CCCC1)/c1ccccc1.O=S(=O)([O-])C(F)(F)F. The Balaban J connectivity index is 0.000000240. The molecule has 1 fully saturated rings.